The third-order valence-electron chi connectivity index (χ3n) is 4.18. The van der Waals surface area contributed by atoms with Crippen molar-refractivity contribution in [2.45, 2.75) is 71.1 Å². The Balaban J connectivity index is 2.11. The summed E-state index contributed by atoms with van der Waals surface area (Å²) in [5, 5.41) is 14.2. The maximum Gasteiger partial charge on any atom is 0.0945 e. The molecule has 2 N–H and O–H groups in total. The lowest BCUT2D eigenvalue weighted by molar-refractivity contribution is 0.104. The molecule has 1 aromatic carbocycles. The minimum absolute atomic E-state index is 0.142. The van der Waals surface area contributed by atoms with E-state index < -0.39 is 6.10 Å². The molecule has 2 atom stereocenters. The van der Waals surface area contributed by atoms with Crippen LogP contribution in [0, 0.1) is 5.92 Å². The molecule has 0 aromatic heterocycles. The zero-order valence-electron chi connectivity index (χ0n) is 13.5. The van der Waals surface area contributed by atoms with E-state index in [2.05, 4.69) is 64.2 Å². The highest BCUT2D eigenvalue weighted by Crippen LogP contribution is 2.29. The molecule has 0 spiro atoms. The lowest BCUT2D eigenvalue weighted by Crippen LogP contribution is -2.40. The van der Waals surface area contributed by atoms with Gasteiger partial charge in [0.05, 0.1) is 6.10 Å². The summed E-state index contributed by atoms with van der Waals surface area (Å²) in [6, 6.07) is 9.21. The first kappa shape index (κ1) is 15.5. The fraction of sp³-hybridized carbons (Fsp3) is 0.667. The second-order valence-electron chi connectivity index (χ2n) is 7.53. The van der Waals surface area contributed by atoms with Crippen molar-refractivity contribution in [3.63, 3.8) is 0 Å². The van der Waals surface area contributed by atoms with E-state index in [-0.39, 0.29) is 11.5 Å². The lowest BCUT2D eigenvalue weighted by Gasteiger charge is -2.28. The van der Waals surface area contributed by atoms with Gasteiger partial charge in [0.15, 0.2) is 0 Å². The third-order valence-corrected chi connectivity index (χ3v) is 4.18. The number of hydrogen-bond donors (Lipinski definition) is 2. The van der Waals surface area contributed by atoms with Gasteiger partial charge in [0.2, 0.25) is 0 Å². The zero-order valence-corrected chi connectivity index (χ0v) is 13.5. The van der Waals surface area contributed by atoms with Crippen molar-refractivity contribution in [2.24, 2.45) is 5.92 Å². The fourth-order valence-corrected chi connectivity index (χ4v) is 2.56. The second kappa shape index (κ2) is 5.87. The van der Waals surface area contributed by atoms with Crippen molar-refractivity contribution in [3.8, 4) is 0 Å². The van der Waals surface area contributed by atoms with Crippen LogP contribution in [0.25, 0.3) is 0 Å². The van der Waals surface area contributed by atoms with Gasteiger partial charge in [-0.1, -0.05) is 58.9 Å². The summed E-state index contributed by atoms with van der Waals surface area (Å²) in [6.07, 6.45) is 2.07. The van der Waals surface area contributed by atoms with Gasteiger partial charge < -0.3 is 10.4 Å². The highest BCUT2D eigenvalue weighted by molar-refractivity contribution is 5.29. The molecule has 1 fully saturated rings. The normalized spacial score (nSPS) is 19.1. The standard InChI is InChI=1S/C18H29NO/c1-12(2)16(19-15-10-11-15)17(20)13-6-8-14(9-7-13)18(3,4)5/h6-9,12,15-17,19-20H,10-11H2,1-5H3. The summed E-state index contributed by atoms with van der Waals surface area (Å²) in [7, 11) is 0. The number of rotatable bonds is 5. The molecule has 2 heteroatoms. The molecule has 112 valence electrons. The molecule has 0 bridgehead atoms. The summed E-state index contributed by atoms with van der Waals surface area (Å²) in [5.41, 5.74) is 2.49. The maximum absolute atomic E-state index is 10.7. The monoisotopic (exact) mass is 275 g/mol. The molecule has 1 aliphatic carbocycles. The Morgan fingerprint density at radius 3 is 2.05 bits per heavy atom. The molecular weight excluding hydrogens is 246 g/mol. The molecule has 0 aliphatic heterocycles. The zero-order chi connectivity index (χ0) is 14.9. The average molecular weight is 275 g/mol. The SMILES string of the molecule is CC(C)C(NC1CC1)C(O)c1ccc(C(C)(C)C)cc1. The van der Waals surface area contributed by atoms with Crippen molar-refractivity contribution in [1.29, 1.82) is 0 Å². The number of hydrogen-bond acceptors (Lipinski definition) is 2. The van der Waals surface area contributed by atoms with Crippen molar-refractivity contribution >= 4 is 0 Å². The van der Waals surface area contributed by atoms with Crippen molar-refractivity contribution < 1.29 is 5.11 Å². The van der Waals surface area contributed by atoms with E-state index in [4.69, 9.17) is 0 Å². The molecule has 0 saturated heterocycles. The molecular formula is C18H29NO. The third kappa shape index (κ3) is 3.83. The molecule has 1 aromatic rings. The van der Waals surface area contributed by atoms with Gasteiger partial charge in [0.25, 0.3) is 0 Å². The van der Waals surface area contributed by atoms with Gasteiger partial charge in [-0.05, 0) is 35.3 Å². The van der Waals surface area contributed by atoms with Crippen molar-refractivity contribution in [2.75, 3.05) is 0 Å². The van der Waals surface area contributed by atoms with Crippen molar-refractivity contribution in [3.05, 3.63) is 35.4 Å². The van der Waals surface area contributed by atoms with Crippen LogP contribution in [-0.2, 0) is 5.41 Å². The molecule has 2 unspecified atom stereocenters. The summed E-state index contributed by atoms with van der Waals surface area (Å²) in [6.45, 7) is 11.0. The van der Waals surface area contributed by atoms with E-state index in [1.54, 1.807) is 0 Å². The Hall–Kier alpha value is -0.860. The second-order valence-corrected chi connectivity index (χ2v) is 7.53. The summed E-state index contributed by atoms with van der Waals surface area (Å²) >= 11 is 0. The molecule has 0 amide bonds. The van der Waals surface area contributed by atoms with Gasteiger partial charge in [-0.15, -0.1) is 0 Å². The van der Waals surface area contributed by atoms with Crippen LogP contribution >= 0.6 is 0 Å². The predicted octanol–water partition coefficient (Wildman–Crippen LogP) is 3.79. The Morgan fingerprint density at radius 2 is 1.65 bits per heavy atom. The van der Waals surface area contributed by atoms with Crippen LogP contribution in [0.15, 0.2) is 24.3 Å². The molecule has 2 nitrogen and oxygen atoms in total. The highest BCUT2D eigenvalue weighted by atomic mass is 16.3. The van der Waals surface area contributed by atoms with Gasteiger partial charge in [-0.25, -0.2) is 0 Å². The first-order chi connectivity index (χ1) is 9.29. The van der Waals surface area contributed by atoms with Crippen LogP contribution in [0.5, 0.6) is 0 Å². The number of benzene rings is 1. The quantitative estimate of drug-likeness (QED) is 0.857. The molecule has 1 saturated carbocycles. The minimum Gasteiger partial charge on any atom is -0.387 e. The van der Waals surface area contributed by atoms with E-state index >= 15 is 0 Å². The number of aliphatic hydroxyl groups is 1. The molecule has 20 heavy (non-hydrogen) atoms. The van der Waals surface area contributed by atoms with Crippen LogP contribution in [0.3, 0.4) is 0 Å². The molecule has 0 heterocycles. The van der Waals surface area contributed by atoms with Crippen LogP contribution < -0.4 is 5.32 Å². The lowest BCUT2D eigenvalue weighted by atomic mass is 9.85. The van der Waals surface area contributed by atoms with Gasteiger partial charge in [0.1, 0.15) is 0 Å². The predicted molar refractivity (Wildman–Crippen MR) is 84.9 cm³/mol. The van der Waals surface area contributed by atoms with Gasteiger partial charge in [0, 0.05) is 12.1 Å². The van der Waals surface area contributed by atoms with Crippen LogP contribution in [-0.4, -0.2) is 17.2 Å². The van der Waals surface area contributed by atoms with E-state index in [0.717, 1.165) is 5.56 Å². The molecule has 2 rings (SSSR count). The van der Waals surface area contributed by atoms with E-state index in [1.165, 1.54) is 18.4 Å². The number of nitrogens with one attached hydrogen (secondary N) is 1. The van der Waals surface area contributed by atoms with Gasteiger partial charge >= 0.3 is 0 Å². The Kier molecular flexibility index (Phi) is 4.55. The highest BCUT2D eigenvalue weighted by Gasteiger charge is 2.31. The van der Waals surface area contributed by atoms with E-state index in [9.17, 15) is 5.11 Å². The van der Waals surface area contributed by atoms with Gasteiger partial charge in [-0.3, -0.25) is 0 Å². The topological polar surface area (TPSA) is 32.3 Å². The molecule has 0 radical (unpaired) electrons. The van der Waals surface area contributed by atoms with Crippen molar-refractivity contribution in [1.82, 2.24) is 5.32 Å². The maximum atomic E-state index is 10.7. The Bertz CT molecular complexity index is 426. The van der Waals surface area contributed by atoms with Gasteiger partial charge in [-0.2, -0.15) is 0 Å². The first-order valence-corrected chi connectivity index (χ1v) is 7.83. The molecule has 1 aliphatic rings. The van der Waals surface area contributed by atoms with E-state index in [1.807, 2.05) is 0 Å². The fourth-order valence-electron chi connectivity index (χ4n) is 2.56. The average Bonchev–Trinajstić information content (AvgIpc) is 3.18. The number of aliphatic hydroxyl groups excluding tert-OH is 1. The Labute approximate surface area is 123 Å². The van der Waals surface area contributed by atoms with Crippen LogP contribution in [0.2, 0.25) is 0 Å². The summed E-state index contributed by atoms with van der Waals surface area (Å²) in [5.74, 6) is 0.424. The first-order valence-electron chi connectivity index (χ1n) is 7.83. The summed E-state index contributed by atoms with van der Waals surface area (Å²) < 4.78 is 0. The van der Waals surface area contributed by atoms with Crippen LogP contribution in [0.1, 0.15) is 64.7 Å². The summed E-state index contributed by atoms with van der Waals surface area (Å²) in [4.78, 5) is 0. The van der Waals surface area contributed by atoms with E-state index in [0.29, 0.717) is 12.0 Å². The largest absolute Gasteiger partial charge is 0.387 e. The van der Waals surface area contributed by atoms with Crippen LogP contribution in [0.4, 0.5) is 0 Å². The Morgan fingerprint density at radius 1 is 1.10 bits per heavy atom. The smallest absolute Gasteiger partial charge is 0.0945 e. The minimum atomic E-state index is -0.426.